The molecule has 0 saturated carbocycles. The number of hydrogen-bond acceptors (Lipinski definition) is 5. The maximum absolute atomic E-state index is 12.5. The summed E-state index contributed by atoms with van der Waals surface area (Å²) in [6, 6.07) is 13.5. The number of para-hydroxylation sites is 2. The van der Waals surface area contributed by atoms with Gasteiger partial charge >= 0.3 is 5.97 Å². The van der Waals surface area contributed by atoms with Crippen LogP contribution in [0.1, 0.15) is 15.9 Å². The molecule has 26 heavy (non-hydrogen) atoms. The minimum absolute atomic E-state index is 0.138. The lowest BCUT2D eigenvalue weighted by Crippen LogP contribution is -2.10. The highest BCUT2D eigenvalue weighted by molar-refractivity contribution is 6.07. The van der Waals surface area contributed by atoms with E-state index in [1.807, 2.05) is 49.4 Å². The SMILES string of the molecule is C=CCOC(=O)c1cnc2c(OC)cccc2c1Nc1ccccc1C. The van der Waals surface area contributed by atoms with Gasteiger partial charge in [0.25, 0.3) is 0 Å². The Bertz CT molecular complexity index is 967. The normalized spacial score (nSPS) is 10.4. The molecule has 0 amide bonds. The van der Waals surface area contributed by atoms with Crippen LogP contribution in [0.25, 0.3) is 10.9 Å². The van der Waals surface area contributed by atoms with Gasteiger partial charge < -0.3 is 14.8 Å². The zero-order chi connectivity index (χ0) is 18.5. The largest absolute Gasteiger partial charge is 0.494 e. The molecule has 5 heteroatoms. The molecule has 0 unspecified atom stereocenters. The summed E-state index contributed by atoms with van der Waals surface area (Å²) in [5.41, 5.74) is 3.63. The van der Waals surface area contributed by atoms with E-state index in [2.05, 4.69) is 16.9 Å². The maximum Gasteiger partial charge on any atom is 0.342 e. The number of esters is 1. The number of aromatic nitrogens is 1. The average molecular weight is 348 g/mol. The molecule has 0 bridgehead atoms. The summed E-state index contributed by atoms with van der Waals surface area (Å²) >= 11 is 0. The standard InChI is InChI=1S/C21H20N2O3/c1-4-12-26-21(24)16-13-22-20-15(9-7-11-18(20)25-3)19(16)23-17-10-6-5-8-14(17)2/h4-11,13H,1,12H2,2-3H3,(H,22,23). The highest BCUT2D eigenvalue weighted by Crippen LogP contribution is 2.34. The molecule has 0 aliphatic carbocycles. The Kier molecular flexibility index (Phi) is 5.17. The number of ether oxygens (including phenoxy) is 2. The molecule has 3 rings (SSSR count). The quantitative estimate of drug-likeness (QED) is 0.519. The number of carbonyl (C=O) groups is 1. The zero-order valence-corrected chi connectivity index (χ0v) is 14.8. The van der Waals surface area contributed by atoms with Gasteiger partial charge in [0, 0.05) is 17.3 Å². The summed E-state index contributed by atoms with van der Waals surface area (Å²) in [5.74, 6) is 0.180. The van der Waals surface area contributed by atoms with E-state index in [4.69, 9.17) is 9.47 Å². The van der Waals surface area contributed by atoms with Crippen LogP contribution in [0.4, 0.5) is 11.4 Å². The number of benzene rings is 2. The van der Waals surface area contributed by atoms with Gasteiger partial charge in [0.15, 0.2) is 0 Å². The zero-order valence-electron chi connectivity index (χ0n) is 14.8. The monoisotopic (exact) mass is 348 g/mol. The third-order valence-electron chi connectivity index (χ3n) is 4.04. The topological polar surface area (TPSA) is 60.5 Å². The number of methoxy groups -OCH3 is 1. The van der Waals surface area contributed by atoms with Crippen molar-refractivity contribution < 1.29 is 14.3 Å². The maximum atomic E-state index is 12.5. The van der Waals surface area contributed by atoms with Gasteiger partial charge in [-0.3, -0.25) is 4.98 Å². The van der Waals surface area contributed by atoms with Crippen LogP contribution >= 0.6 is 0 Å². The highest BCUT2D eigenvalue weighted by atomic mass is 16.5. The predicted octanol–water partition coefficient (Wildman–Crippen LogP) is 4.64. The molecule has 0 saturated heterocycles. The summed E-state index contributed by atoms with van der Waals surface area (Å²) in [5, 5.41) is 4.15. The van der Waals surface area contributed by atoms with Crippen LogP contribution in [0.3, 0.4) is 0 Å². The fourth-order valence-electron chi connectivity index (χ4n) is 2.71. The molecule has 0 fully saturated rings. The Morgan fingerprint density at radius 3 is 2.77 bits per heavy atom. The Balaban J connectivity index is 2.18. The Morgan fingerprint density at radius 2 is 2.04 bits per heavy atom. The number of anilines is 2. The van der Waals surface area contributed by atoms with Crippen LogP contribution in [0.5, 0.6) is 5.75 Å². The number of carbonyl (C=O) groups excluding carboxylic acids is 1. The summed E-state index contributed by atoms with van der Waals surface area (Å²) in [4.78, 5) is 16.9. The van der Waals surface area contributed by atoms with E-state index in [9.17, 15) is 4.79 Å². The van der Waals surface area contributed by atoms with Crippen molar-refractivity contribution in [2.75, 3.05) is 19.0 Å². The second kappa shape index (κ2) is 7.70. The number of fused-ring (bicyclic) bond motifs is 1. The summed E-state index contributed by atoms with van der Waals surface area (Å²) in [6.45, 7) is 5.72. The molecule has 0 atom stereocenters. The first kappa shape index (κ1) is 17.5. The molecule has 132 valence electrons. The van der Waals surface area contributed by atoms with Crippen molar-refractivity contribution in [1.82, 2.24) is 4.98 Å². The molecule has 5 nitrogen and oxygen atoms in total. The highest BCUT2D eigenvalue weighted by Gasteiger charge is 2.19. The van der Waals surface area contributed by atoms with E-state index in [0.717, 1.165) is 16.6 Å². The lowest BCUT2D eigenvalue weighted by Gasteiger charge is -2.16. The van der Waals surface area contributed by atoms with E-state index in [-0.39, 0.29) is 6.61 Å². The van der Waals surface area contributed by atoms with Crippen LogP contribution in [0.2, 0.25) is 0 Å². The summed E-state index contributed by atoms with van der Waals surface area (Å²) < 4.78 is 10.6. The molecule has 2 aromatic carbocycles. The van der Waals surface area contributed by atoms with Crippen molar-refractivity contribution in [3.8, 4) is 5.75 Å². The van der Waals surface area contributed by atoms with E-state index in [1.54, 1.807) is 7.11 Å². The van der Waals surface area contributed by atoms with Crippen LogP contribution in [-0.4, -0.2) is 24.7 Å². The minimum atomic E-state index is -0.460. The second-order valence-electron chi connectivity index (χ2n) is 5.73. The molecule has 0 spiro atoms. The molecule has 1 N–H and O–H groups in total. The lowest BCUT2D eigenvalue weighted by atomic mass is 10.1. The smallest absolute Gasteiger partial charge is 0.342 e. The van der Waals surface area contributed by atoms with Gasteiger partial charge in [-0.05, 0) is 24.6 Å². The molecule has 1 aromatic heterocycles. The van der Waals surface area contributed by atoms with Gasteiger partial charge in [0.1, 0.15) is 23.4 Å². The van der Waals surface area contributed by atoms with Gasteiger partial charge in [-0.1, -0.05) is 43.0 Å². The number of nitrogens with one attached hydrogen (secondary N) is 1. The van der Waals surface area contributed by atoms with Crippen LogP contribution in [0.15, 0.2) is 61.3 Å². The first-order valence-corrected chi connectivity index (χ1v) is 8.22. The molecule has 3 aromatic rings. The third-order valence-corrected chi connectivity index (χ3v) is 4.04. The van der Waals surface area contributed by atoms with Gasteiger partial charge in [0.05, 0.1) is 12.8 Å². The molecule has 0 aliphatic rings. The first-order chi connectivity index (χ1) is 12.7. The van der Waals surface area contributed by atoms with Crippen molar-refractivity contribution >= 4 is 28.2 Å². The van der Waals surface area contributed by atoms with E-state index in [1.165, 1.54) is 12.3 Å². The first-order valence-electron chi connectivity index (χ1n) is 8.22. The minimum Gasteiger partial charge on any atom is -0.494 e. The third kappa shape index (κ3) is 3.37. The number of hydrogen-bond donors (Lipinski definition) is 1. The molecular weight excluding hydrogens is 328 g/mol. The van der Waals surface area contributed by atoms with Crippen molar-refractivity contribution in [3.05, 3.63) is 72.4 Å². The molecule has 1 heterocycles. The van der Waals surface area contributed by atoms with Crippen molar-refractivity contribution in [2.24, 2.45) is 0 Å². The number of aryl methyl sites for hydroxylation is 1. The van der Waals surface area contributed by atoms with Gasteiger partial charge in [-0.2, -0.15) is 0 Å². The van der Waals surface area contributed by atoms with Crippen LogP contribution < -0.4 is 10.1 Å². The van der Waals surface area contributed by atoms with Gasteiger partial charge in [-0.15, -0.1) is 0 Å². The number of rotatable bonds is 6. The number of pyridine rings is 1. The summed E-state index contributed by atoms with van der Waals surface area (Å²) in [7, 11) is 1.59. The van der Waals surface area contributed by atoms with E-state index in [0.29, 0.717) is 22.5 Å². The van der Waals surface area contributed by atoms with Gasteiger partial charge in [-0.25, -0.2) is 4.79 Å². The Hall–Kier alpha value is -3.34. The number of nitrogens with zero attached hydrogens (tertiary/aromatic N) is 1. The Labute approximate surface area is 152 Å². The van der Waals surface area contributed by atoms with Crippen LogP contribution in [-0.2, 0) is 4.74 Å². The van der Waals surface area contributed by atoms with Crippen molar-refractivity contribution in [1.29, 1.82) is 0 Å². The fourth-order valence-corrected chi connectivity index (χ4v) is 2.71. The van der Waals surface area contributed by atoms with Crippen LogP contribution in [0, 0.1) is 6.92 Å². The van der Waals surface area contributed by atoms with Gasteiger partial charge in [0.2, 0.25) is 0 Å². The molecule has 0 aliphatic heterocycles. The lowest BCUT2D eigenvalue weighted by molar-refractivity contribution is 0.0550. The van der Waals surface area contributed by atoms with E-state index < -0.39 is 5.97 Å². The predicted molar refractivity (Wildman–Crippen MR) is 103 cm³/mol. The molecule has 0 radical (unpaired) electrons. The average Bonchev–Trinajstić information content (AvgIpc) is 2.67. The van der Waals surface area contributed by atoms with Crippen molar-refractivity contribution in [2.45, 2.75) is 6.92 Å². The molecular formula is C21H20N2O3. The second-order valence-corrected chi connectivity index (χ2v) is 5.73. The summed E-state index contributed by atoms with van der Waals surface area (Å²) in [6.07, 6.45) is 3.04. The Morgan fingerprint density at radius 1 is 1.23 bits per heavy atom. The van der Waals surface area contributed by atoms with Crippen molar-refractivity contribution in [3.63, 3.8) is 0 Å². The fraction of sp³-hybridized carbons (Fsp3) is 0.143. The van der Waals surface area contributed by atoms with E-state index >= 15 is 0 Å².